The van der Waals surface area contributed by atoms with Gasteiger partial charge in [0.1, 0.15) is 146 Å². The molecule has 31 nitrogen and oxygen atoms in total. The molecule has 0 aliphatic carbocycles. The van der Waals surface area contributed by atoms with Crippen LogP contribution in [0.1, 0.15) is 0 Å². The third kappa shape index (κ3) is 11.4. The maximum atomic E-state index is 11.5. The fourth-order valence-corrected chi connectivity index (χ4v) is 8.69. The summed E-state index contributed by atoms with van der Waals surface area (Å²) in [5, 5.41) is 200. The first-order valence-corrected chi connectivity index (χ1v) is 21.5. The van der Waals surface area contributed by atoms with E-state index in [0.717, 1.165) is 0 Å². The van der Waals surface area contributed by atoms with Crippen LogP contribution in [0.4, 0.5) is 0 Å². The van der Waals surface area contributed by atoms with E-state index in [0.29, 0.717) is 0 Å². The number of aliphatic hydroxyl groups excluding tert-OH is 19. The van der Waals surface area contributed by atoms with Gasteiger partial charge >= 0.3 is 0 Å². The zero-order valence-corrected chi connectivity index (χ0v) is 36.0. The molecular weight excluding hydrogens is 940 g/mol. The van der Waals surface area contributed by atoms with Gasteiger partial charge in [-0.25, -0.2) is 0 Å². The molecule has 6 saturated heterocycles. The van der Waals surface area contributed by atoms with Gasteiger partial charge < -0.3 is 154 Å². The number of hydrogen-bond acceptors (Lipinski definition) is 31. The molecule has 0 amide bonds. The normalized spacial score (nSPS) is 52.8. The van der Waals surface area contributed by atoms with Crippen LogP contribution in [-0.2, 0) is 56.8 Å². The third-order valence-electron chi connectivity index (χ3n) is 12.7. The Balaban J connectivity index is 1.17. The standard InChI is InChI=1S/C37H64O31/c1-57-27-9(3-39)61-34(23(52)17(27)46)66-29-11(5-41)62-35(24(53)18(29)47)67-30-12(6-42)63-36(25(54)19(30)48)68-31-13(7-58-33-22(51)15(44)14(43)8(2-38)60-33)64-37(26(55)20(31)49)65-28-10(4-40)59-32(56)21(50)16(28)45/h8-56H,2-7H2,1H3/t8-,9?,10?,11-,12?,13-,14?,15?,16?,17+,18?,19?,20?,21?,22?,23?,24?,25?,26?,27?,28?,29+,30?,31+,32?,33?,34?,35+,36?,37+/m0/s1. The Kier molecular flexibility index (Phi) is 19.9. The van der Waals surface area contributed by atoms with Crippen molar-refractivity contribution < 1.29 is 154 Å². The molecule has 6 aliphatic heterocycles. The highest BCUT2D eigenvalue weighted by molar-refractivity contribution is 4.99. The molecule has 6 heterocycles. The molecule has 0 spiro atoms. The van der Waals surface area contributed by atoms with E-state index in [4.69, 9.17) is 56.8 Å². The molecule has 68 heavy (non-hydrogen) atoms. The molecule has 22 unspecified atom stereocenters. The van der Waals surface area contributed by atoms with Crippen molar-refractivity contribution in [2.24, 2.45) is 0 Å². The van der Waals surface area contributed by atoms with Crippen LogP contribution in [0.5, 0.6) is 0 Å². The van der Waals surface area contributed by atoms with Gasteiger partial charge in [0.25, 0.3) is 0 Å². The van der Waals surface area contributed by atoms with Crippen LogP contribution in [0.15, 0.2) is 0 Å². The van der Waals surface area contributed by atoms with E-state index in [1.807, 2.05) is 0 Å². The molecule has 19 N–H and O–H groups in total. The van der Waals surface area contributed by atoms with Crippen molar-refractivity contribution in [2.75, 3.05) is 46.8 Å². The van der Waals surface area contributed by atoms with Gasteiger partial charge in [-0.1, -0.05) is 0 Å². The van der Waals surface area contributed by atoms with E-state index in [-0.39, 0.29) is 0 Å². The molecule has 0 radical (unpaired) electrons. The highest BCUT2D eigenvalue weighted by Gasteiger charge is 2.57. The summed E-state index contributed by atoms with van der Waals surface area (Å²) in [4.78, 5) is 0. The van der Waals surface area contributed by atoms with Crippen LogP contribution in [0.3, 0.4) is 0 Å². The fourth-order valence-electron chi connectivity index (χ4n) is 8.69. The van der Waals surface area contributed by atoms with Crippen LogP contribution < -0.4 is 0 Å². The van der Waals surface area contributed by atoms with E-state index >= 15 is 0 Å². The molecule has 0 aromatic carbocycles. The molecule has 0 aromatic heterocycles. The average molecular weight is 1000 g/mol. The Bertz CT molecular complexity index is 1520. The SMILES string of the molecule is COC1C(CO)OC(O[C@H]2C(O)C(O)[C@@H](OC3C(CO)OC(O[C@H]4C(O)C(O)[C@@H](OC5C(CO)OC(O)C(O)C5O)O[C@H]4COC4O[C@@H](CO)C(O)C(O)C4O)C(O)C3O)O[C@H]2CO)C(O)[C@H]1O. The van der Waals surface area contributed by atoms with Crippen LogP contribution >= 0.6 is 0 Å². The lowest BCUT2D eigenvalue weighted by atomic mass is 9.95. The molecule has 6 aliphatic rings. The summed E-state index contributed by atoms with van der Waals surface area (Å²) in [6, 6.07) is 0. The van der Waals surface area contributed by atoms with Gasteiger partial charge in [-0.2, -0.15) is 0 Å². The predicted octanol–water partition coefficient (Wildman–Crippen LogP) is -13.4. The topological polar surface area (TPSA) is 495 Å². The second-order valence-electron chi connectivity index (χ2n) is 17.0. The third-order valence-corrected chi connectivity index (χ3v) is 12.7. The quantitative estimate of drug-likeness (QED) is 0.0643. The van der Waals surface area contributed by atoms with E-state index in [1.54, 1.807) is 0 Å². The summed E-state index contributed by atoms with van der Waals surface area (Å²) < 4.78 is 66.5. The number of ether oxygens (including phenoxy) is 12. The molecule has 0 aromatic rings. The number of methoxy groups -OCH3 is 1. The minimum atomic E-state index is -2.23. The summed E-state index contributed by atoms with van der Waals surface area (Å²) in [5.41, 5.74) is 0. The monoisotopic (exact) mass is 1000 g/mol. The Hall–Kier alpha value is -1.24. The van der Waals surface area contributed by atoms with Crippen LogP contribution in [0, 0.1) is 0 Å². The molecule has 0 bridgehead atoms. The maximum absolute atomic E-state index is 11.5. The lowest BCUT2D eigenvalue weighted by Crippen LogP contribution is -2.68. The van der Waals surface area contributed by atoms with Gasteiger partial charge in [0.05, 0.1) is 39.6 Å². The minimum Gasteiger partial charge on any atom is -0.394 e. The van der Waals surface area contributed by atoms with Gasteiger partial charge in [0.15, 0.2) is 37.7 Å². The second-order valence-corrected chi connectivity index (χ2v) is 17.0. The van der Waals surface area contributed by atoms with E-state index < -0.39 is 224 Å². The Morgan fingerprint density at radius 2 is 0.588 bits per heavy atom. The number of hydrogen-bond donors (Lipinski definition) is 19. The minimum absolute atomic E-state index is 0.704. The molecular formula is C37H64O31. The Morgan fingerprint density at radius 3 is 0.971 bits per heavy atom. The van der Waals surface area contributed by atoms with Gasteiger partial charge in [-0.3, -0.25) is 0 Å². The fraction of sp³-hybridized carbons (Fsp3) is 1.00. The second kappa shape index (κ2) is 24.2. The molecule has 31 heteroatoms. The lowest BCUT2D eigenvalue weighted by molar-refractivity contribution is -0.395. The van der Waals surface area contributed by atoms with Crippen molar-refractivity contribution in [2.45, 2.75) is 184 Å². The maximum Gasteiger partial charge on any atom is 0.187 e. The van der Waals surface area contributed by atoms with Gasteiger partial charge in [0, 0.05) is 7.11 Å². The van der Waals surface area contributed by atoms with Crippen molar-refractivity contribution in [3.8, 4) is 0 Å². The van der Waals surface area contributed by atoms with Crippen molar-refractivity contribution in [1.82, 2.24) is 0 Å². The number of rotatable bonds is 17. The zero-order valence-electron chi connectivity index (χ0n) is 36.0. The van der Waals surface area contributed by atoms with E-state index in [9.17, 15) is 97.0 Å². The first-order valence-electron chi connectivity index (χ1n) is 21.5. The summed E-state index contributed by atoms with van der Waals surface area (Å²) in [6.45, 7) is -5.37. The van der Waals surface area contributed by atoms with Gasteiger partial charge in [-0.15, -0.1) is 0 Å². The number of aliphatic hydroxyl groups is 19. The highest BCUT2D eigenvalue weighted by atomic mass is 16.8. The van der Waals surface area contributed by atoms with Crippen molar-refractivity contribution >= 4 is 0 Å². The molecule has 6 fully saturated rings. The summed E-state index contributed by atoms with van der Waals surface area (Å²) in [7, 11) is 1.18. The van der Waals surface area contributed by atoms with Crippen molar-refractivity contribution in [3.05, 3.63) is 0 Å². The first-order chi connectivity index (χ1) is 32.3. The Labute approximate surface area is 384 Å². The molecule has 398 valence electrons. The van der Waals surface area contributed by atoms with Gasteiger partial charge in [-0.05, 0) is 0 Å². The average Bonchev–Trinajstić information content (AvgIpc) is 3.33. The van der Waals surface area contributed by atoms with Crippen molar-refractivity contribution in [3.63, 3.8) is 0 Å². The zero-order chi connectivity index (χ0) is 50.0. The summed E-state index contributed by atoms with van der Waals surface area (Å²) >= 11 is 0. The van der Waals surface area contributed by atoms with Gasteiger partial charge in [0.2, 0.25) is 0 Å². The summed E-state index contributed by atoms with van der Waals surface area (Å²) in [5.74, 6) is 0. The van der Waals surface area contributed by atoms with Crippen LogP contribution in [0.25, 0.3) is 0 Å². The largest absolute Gasteiger partial charge is 0.394 e. The molecule has 6 rings (SSSR count). The van der Waals surface area contributed by atoms with E-state index in [2.05, 4.69) is 0 Å². The molecule has 0 saturated carbocycles. The Morgan fingerprint density at radius 1 is 0.294 bits per heavy atom. The predicted molar refractivity (Wildman–Crippen MR) is 204 cm³/mol. The van der Waals surface area contributed by atoms with Crippen LogP contribution in [0.2, 0.25) is 0 Å². The van der Waals surface area contributed by atoms with Crippen molar-refractivity contribution in [1.29, 1.82) is 0 Å². The van der Waals surface area contributed by atoms with Crippen LogP contribution in [-0.4, -0.2) is 328 Å². The lowest BCUT2D eigenvalue weighted by Gasteiger charge is -2.49. The smallest absolute Gasteiger partial charge is 0.187 e. The summed E-state index contributed by atoms with van der Waals surface area (Å²) in [6.07, 6.45) is -55.7. The first kappa shape index (κ1) is 56.1. The molecule has 30 atom stereocenters. The highest BCUT2D eigenvalue weighted by Crippen LogP contribution is 2.36. The van der Waals surface area contributed by atoms with E-state index in [1.165, 1.54) is 7.11 Å².